The van der Waals surface area contributed by atoms with Gasteiger partial charge in [-0.3, -0.25) is 0 Å². The van der Waals surface area contributed by atoms with E-state index in [1.54, 1.807) is 36.4 Å². The minimum Gasteiger partial charge on any atom is -0.479 e. The van der Waals surface area contributed by atoms with Crippen molar-refractivity contribution in [3.05, 3.63) is 64.4 Å². The van der Waals surface area contributed by atoms with Crippen molar-refractivity contribution in [1.29, 1.82) is 0 Å². The van der Waals surface area contributed by atoms with Crippen molar-refractivity contribution in [1.82, 2.24) is 5.32 Å². The van der Waals surface area contributed by atoms with Crippen molar-refractivity contribution in [3.8, 4) is 0 Å². The molecule has 7 heteroatoms. The van der Waals surface area contributed by atoms with Gasteiger partial charge in [0, 0.05) is 4.47 Å². The molecule has 1 unspecified atom stereocenters. The second-order valence-corrected chi connectivity index (χ2v) is 5.32. The largest absolute Gasteiger partial charge is 0.479 e. The lowest BCUT2D eigenvalue weighted by atomic mass is 10.1. The highest BCUT2D eigenvalue weighted by Crippen LogP contribution is 2.19. The van der Waals surface area contributed by atoms with Crippen LogP contribution in [0.25, 0.3) is 0 Å². The number of aliphatic carboxylic acids is 1. The van der Waals surface area contributed by atoms with Gasteiger partial charge in [-0.2, -0.15) is 0 Å². The Morgan fingerprint density at radius 2 is 1.82 bits per heavy atom. The van der Waals surface area contributed by atoms with E-state index < -0.39 is 23.9 Å². The Kier molecular flexibility index (Phi) is 5.11. The van der Waals surface area contributed by atoms with E-state index in [1.165, 1.54) is 12.1 Å². The quantitative estimate of drug-likeness (QED) is 0.774. The Morgan fingerprint density at radius 1 is 1.14 bits per heavy atom. The standard InChI is InChI=1S/C15H12BrFN2O3/c16-10-6-7-12(11(17)8-10)18-15(22)19-13(14(20)21)9-4-2-1-3-5-9/h1-8,13H,(H,20,21)(H2,18,19,22). The van der Waals surface area contributed by atoms with Gasteiger partial charge in [0.15, 0.2) is 6.04 Å². The van der Waals surface area contributed by atoms with E-state index >= 15 is 0 Å². The number of anilines is 1. The molecule has 22 heavy (non-hydrogen) atoms. The highest BCUT2D eigenvalue weighted by Gasteiger charge is 2.22. The summed E-state index contributed by atoms with van der Waals surface area (Å²) >= 11 is 3.11. The molecule has 0 bridgehead atoms. The number of urea groups is 1. The predicted molar refractivity (Wildman–Crippen MR) is 83.1 cm³/mol. The van der Waals surface area contributed by atoms with Crippen molar-refractivity contribution < 1.29 is 19.1 Å². The van der Waals surface area contributed by atoms with Gasteiger partial charge in [0.05, 0.1) is 5.69 Å². The number of carbonyl (C=O) groups excluding carboxylic acids is 1. The van der Waals surface area contributed by atoms with Gasteiger partial charge in [-0.1, -0.05) is 46.3 Å². The minimum absolute atomic E-state index is 0.0436. The lowest BCUT2D eigenvalue weighted by Crippen LogP contribution is -2.36. The maximum Gasteiger partial charge on any atom is 0.330 e. The molecule has 0 aliphatic rings. The third-order valence-corrected chi connectivity index (χ3v) is 3.33. The lowest BCUT2D eigenvalue weighted by Gasteiger charge is -2.15. The Morgan fingerprint density at radius 3 is 2.41 bits per heavy atom. The molecule has 0 spiro atoms. The van der Waals surface area contributed by atoms with Crippen molar-refractivity contribution in [2.24, 2.45) is 0 Å². The van der Waals surface area contributed by atoms with Crippen LogP contribution in [0, 0.1) is 5.82 Å². The number of benzene rings is 2. The summed E-state index contributed by atoms with van der Waals surface area (Å²) in [4.78, 5) is 23.2. The first-order valence-corrected chi connectivity index (χ1v) is 7.07. The SMILES string of the molecule is O=C(Nc1ccc(Br)cc1F)NC(C(=O)O)c1ccccc1. The molecule has 3 N–H and O–H groups in total. The van der Waals surface area contributed by atoms with Crippen molar-refractivity contribution >= 4 is 33.6 Å². The van der Waals surface area contributed by atoms with E-state index in [2.05, 4.69) is 26.6 Å². The summed E-state index contributed by atoms with van der Waals surface area (Å²) in [5.74, 6) is -1.84. The van der Waals surface area contributed by atoms with E-state index in [0.29, 0.717) is 10.0 Å². The van der Waals surface area contributed by atoms with Crippen LogP contribution in [0.5, 0.6) is 0 Å². The molecule has 0 aromatic heterocycles. The van der Waals surface area contributed by atoms with Gasteiger partial charge < -0.3 is 15.7 Å². The normalized spacial score (nSPS) is 11.5. The number of carbonyl (C=O) groups is 2. The molecule has 0 heterocycles. The Hall–Kier alpha value is -2.41. The van der Waals surface area contributed by atoms with Gasteiger partial charge in [-0.05, 0) is 23.8 Å². The van der Waals surface area contributed by atoms with Crippen LogP contribution in [-0.4, -0.2) is 17.1 Å². The fourth-order valence-corrected chi connectivity index (χ4v) is 2.15. The first-order chi connectivity index (χ1) is 10.5. The van der Waals surface area contributed by atoms with Crippen LogP contribution in [0.15, 0.2) is 53.0 Å². The fourth-order valence-electron chi connectivity index (χ4n) is 1.81. The average molecular weight is 367 g/mol. The number of amides is 2. The molecule has 0 aliphatic carbocycles. The zero-order valence-corrected chi connectivity index (χ0v) is 12.8. The number of halogens is 2. The summed E-state index contributed by atoms with van der Waals surface area (Å²) in [7, 11) is 0. The summed E-state index contributed by atoms with van der Waals surface area (Å²) in [6.07, 6.45) is 0. The average Bonchev–Trinajstić information content (AvgIpc) is 2.48. The topological polar surface area (TPSA) is 78.4 Å². The molecule has 1 atom stereocenters. The maximum absolute atomic E-state index is 13.6. The molecule has 5 nitrogen and oxygen atoms in total. The van der Waals surface area contributed by atoms with Crippen LogP contribution >= 0.6 is 15.9 Å². The zero-order valence-electron chi connectivity index (χ0n) is 11.2. The fraction of sp³-hybridized carbons (Fsp3) is 0.0667. The highest BCUT2D eigenvalue weighted by molar-refractivity contribution is 9.10. The summed E-state index contributed by atoms with van der Waals surface area (Å²) in [5.41, 5.74) is 0.374. The lowest BCUT2D eigenvalue weighted by molar-refractivity contribution is -0.139. The number of rotatable bonds is 4. The molecule has 0 aliphatic heterocycles. The first-order valence-electron chi connectivity index (χ1n) is 6.27. The van der Waals surface area contributed by atoms with Crippen molar-refractivity contribution in [2.75, 3.05) is 5.32 Å². The van der Waals surface area contributed by atoms with E-state index in [1.807, 2.05) is 0 Å². The smallest absolute Gasteiger partial charge is 0.330 e. The zero-order chi connectivity index (χ0) is 16.1. The van der Waals surface area contributed by atoms with Gasteiger partial charge in [-0.25, -0.2) is 14.0 Å². The molecule has 2 rings (SSSR count). The number of carboxylic acids is 1. The predicted octanol–water partition coefficient (Wildman–Crippen LogP) is 3.54. The summed E-state index contributed by atoms with van der Waals surface area (Å²) in [5, 5.41) is 13.8. The van der Waals surface area contributed by atoms with Gasteiger partial charge in [-0.15, -0.1) is 0 Å². The third kappa shape index (κ3) is 4.05. The van der Waals surface area contributed by atoms with E-state index in [-0.39, 0.29) is 5.69 Å². The number of hydrogen-bond acceptors (Lipinski definition) is 2. The summed E-state index contributed by atoms with van der Waals surface area (Å²) in [6.45, 7) is 0. The second kappa shape index (κ2) is 7.04. The molecule has 0 saturated carbocycles. The van der Waals surface area contributed by atoms with Crippen LogP contribution < -0.4 is 10.6 Å². The van der Waals surface area contributed by atoms with Crippen molar-refractivity contribution in [3.63, 3.8) is 0 Å². The van der Waals surface area contributed by atoms with Gasteiger partial charge >= 0.3 is 12.0 Å². The van der Waals surface area contributed by atoms with Crippen LogP contribution in [0.3, 0.4) is 0 Å². The van der Waals surface area contributed by atoms with Gasteiger partial charge in [0.2, 0.25) is 0 Å². The maximum atomic E-state index is 13.6. The van der Waals surface area contributed by atoms with E-state index in [4.69, 9.17) is 0 Å². The van der Waals surface area contributed by atoms with Crippen molar-refractivity contribution in [2.45, 2.75) is 6.04 Å². The Bertz CT molecular complexity index is 694. The molecular weight excluding hydrogens is 355 g/mol. The van der Waals surface area contributed by atoms with Crippen LogP contribution in [0.4, 0.5) is 14.9 Å². The molecule has 2 aromatic rings. The van der Waals surface area contributed by atoms with Gasteiger partial charge in [0.1, 0.15) is 5.82 Å². The van der Waals surface area contributed by atoms with Crippen LogP contribution in [-0.2, 0) is 4.79 Å². The molecule has 2 amide bonds. The summed E-state index contributed by atoms with van der Waals surface area (Å²) < 4.78 is 14.2. The molecule has 2 aromatic carbocycles. The monoisotopic (exact) mass is 366 g/mol. The van der Waals surface area contributed by atoms with E-state index in [0.717, 1.165) is 0 Å². The number of carboxylic acid groups (broad SMARTS) is 1. The minimum atomic E-state index is -1.22. The molecule has 0 fully saturated rings. The first kappa shape index (κ1) is 16.0. The Labute approximate surface area is 134 Å². The third-order valence-electron chi connectivity index (χ3n) is 2.83. The summed E-state index contributed by atoms with van der Waals surface area (Å²) in [6, 6.07) is 10.3. The van der Waals surface area contributed by atoms with Crippen LogP contribution in [0.2, 0.25) is 0 Å². The number of nitrogens with one attached hydrogen (secondary N) is 2. The highest BCUT2D eigenvalue weighted by atomic mass is 79.9. The molecule has 0 saturated heterocycles. The van der Waals surface area contributed by atoms with Gasteiger partial charge in [0.25, 0.3) is 0 Å². The number of hydrogen-bond donors (Lipinski definition) is 3. The molecule has 0 radical (unpaired) electrons. The molecule has 114 valence electrons. The van der Waals surface area contributed by atoms with Crippen LogP contribution in [0.1, 0.15) is 11.6 Å². The Balaban J connectivity index is 2.10. The molecular formula is C15H12BrFN2O3. The second-order valence-electron chi connectivity index (χ2n) is 4.40. The van der Waals surface area contributed by atoms with E-state index in [9.17, 15) is 19.1 Å².